The van der Waals surface area contributed by atoms with E-state index in [0.717, 1.165) is 29.6 Å². The number of hydrogen-bond donors (Lipinski definition) is 0. The van der Waals surface area contributed by atoms with Crippen molar-refractivity contribution in [3.8, 4) is 0 Å². The second-order valence-electron chi connectivity index (χ2n) is 5.48. The maximum Gasteiger partial charge on any atom is 0.0523 e. The van der Waals surface area contributed by atoms with E-state index in [4.69, 9.17) is 0 Å². The van der Waals surface area contributed by atoms with E-state index in [0.29, 0.717) is 4.83 Å². The molecule has 0 nitrogen and oxygen atoms in total. The van der Waals surface area contributed by atoms with Crippen molar-refractivity contribution in [2.24, 2.45) is 29.6 Å². The third-order valence-corrected chi connectivity index (χ3v) is 7.31. The molecule has 4 rings (SSSR count). The Morgan fingerprint density at radius 3 is 2.60 bits per heavy atom. The molecule has 3 fully saturated rings. The summed E-state index contributed by atoms with van der Waals surface area (Å²) in [5, 5.41) is 2.20. The average Bonchev–Trinajstić information content (AvgIpc) is 2.70. The Hall–Kier alpha value is 0.180. The van der Waals surface area contributed by atoms with Crippen LogP contribution in [0.1, 0.15) is 29.0 Å². The molecule has 0 aliphatic heterocycles. The van der Waals surface area contributed by atoms with E-state index in [1.54, 1.807) is 11.3 Å². The van der Waals surface area contributed by atoms with E-state index in [-0.39, 0.29) is 0 Å². The highest BCUT2D eigenvalue weighted by Crippen LogP contribution is 2.73. The predicted molar refractivity (Wildman–Crippen MR) is 67.3 cm³/mol. The molecule has 0 amide bonds. The highest BCUT2D eigenvalue weighted by molar-refractivity contribution is 9.09. The van der Waals surface area contributed by atoms with Crippen molar-refractivity contribution < 1.29 is 0 Å². The fraction of sp³-hybridized carbons (Fsp3) is 0.692. The van der Waals surface area contributed by atoms with Crippen LogP contribution in [0.3, 0.4) is 0 Å². The van der Waals surface area contributed by atoms with Gasteiger partial charge in [-0.2, -0.15) is 0 Å². The minimum absolute atomic E-state index is 0.663. The molecule has 1 aromatic rings. The van der Waals surface area contributed by atoms with Gasteiger partial charge in [-0.05, 0) is 60.3 Å². The van der Waals surface area contributed by atoms with Gasteiger partial charge in [0.05, 0.1) is 4.83 Å². The molecule has 2 bridgehead atoms. The number of thiophene rings is 1. The molecule has 0 aromatic carbocycles. The third kappa shape index (κ3) is 1.18. The lowest BCUT2D eigenvalue weighted by atomic mass is 10.00. The van der Waals surface area contributed by atoms with Gasteiger partial charge in [0.25, 0.3) is 0 Å². The lowest BCUT2D eigenvalue weighted by molar-refractivity contribution is 0.456. The van der Waals surface area contributed by atoms with Gasteiger partial charge in [-0.25, -0.2) is 0 Å². The largest absolute Gasteiger partial charge is 0.148 e. The van der Waals surface area contributed by atoms with Gasteiger partial charge in [0.1, 0.15) is 0 Å². The molecular weight excluding hydrogens is 268 g/mol. The molecule has 3 aliphatic carbocycles. The highest BCUT2D eigenvalue weighted by Gasteiger charge is 2.66. The quantitative estimate of drug-likeness (QED) is 0.702. The van der Waals surface area contributed by atoms with Crippen LogP contribution in [0.5, 0.6) is 0 Å². The molecule has 0 N–H and O–H groups in total. The van der Waals surface area contributed by atoms with Crippen molar-refractivity contribution in [1.29, 1.82) is 0 Å². The summed E-state index contributed by atoms with van der Waals surface area (Å²) in [6, 6.07) is 4.47. The van der Waals surface area contributed by atoms with Crippen molar-refractivity contribution in [3.63, 3.8) is 0 Å². The highest BCUT2D eigenvalue weighted by atomic mass is 79.9. The molecule has 80 valence electrons. The monoisotopic (exact) mass is 282 g/mol. The number of halogens is 1. The molecule has 3 saturated carbocycles. The van der Waals surface area contributed by atoms with Crippen molar-refractivity contribution in [2.75, 3.05) is 0 Å². The van der Waals surface area contributed by atoms with Gasteiger partial charge in [0.15, 0.2) is 0 Å². The normalized spacial score (nSPS) is 47.9. The Labute approximate surface area is 103 Å². The maximum absolute atomic E-state index is 3.94. The topological polar surface area (TPSA) is 0 Å². The molecule has 1 aromatic heterocycles. The summed E-state index contributed by atoms with van der Waals surface area (Å²) in [6.45, 7) is 0. The minimum atomic E-state index is 0.663. The van der Waals surface area contributed by atoms with E-state index in [1.165, 1.54) is 12.8 Å². The Kier molecular flexibility index (Phi) is 1.91. The van der Waals surface area contributed by atoms with Crippen LogP contribution in [-0.4, -0.2) is 0 Å². The lowest BCUT2D eigenvalue weighted by Crippen LogP contribution is -2.02. The van der Waals surface area contributed by atoms with Crippen LogP contribution in [0.15, 0.2) is 17.5 Å². The Balaban J connectivity index is 1.58. The Bertz CT molecular complexity index is 356. The minimum Gasteiger partial charge on any atom is -0.148 e. The number of fused-ring (bicyclic) bond motifs is 5. The third-order valence-electron chi connectivity index (χ3n) is 4.95. The van der Waals surface area contributed by atoms with Crippen LogP contribution in [0, 0.1) is 29.6 Å². The first-order valence-electron chi connectivity index (χ1n) is 6.04. The van der Waals surface area contributed by atoms with Gasteiger partial charge < -0.3 is 0 Å². The Morgan fingerprint density at radius 2 is 2.00 bits per heavy atom. The molecule has 0 saturated heterocycles. The zero-order chi connectivity index (χ0) is 9.99. The van der Waals surface area contributed by atoms with E-state index >= 15 is 0 Å². The summed E-state index contributed by atoms with van der Waals surface area (Å²) in [5.41, 5.74) is 0. The van der Waals surface area contributed by atoms with Crippen LogP contribution < -0.4 is 0 Å². The summed E-state index contributed by atoms with van der Waals surface area (Å²) < 4.78 is 0. The molecule has 0 spiro atoms. The van der Waals surface area contributed by atoms with E-state index in [2.05, 4.69) is 33.4 Å². The average molecular weight is 283 g/mol. The van der Waals surface area contributed by atoms with Crippen LogP contribution in [0.25, 0.3) is 0 Å². The van der Waals surface area contributed by atoms with E-state index in [1.807, 2.05) is 11.3 Å². The first-order chi connectivity index (χ1) is 7.36. The van der Waals surface area contributed by atoms with Gasteiger partial charge in [0, 0.05) is 4.88 Å². The molecule has 2 heteroatoms. The summed E-state index contributed by atoms with van der Waals surface area (Å²) in [7, 11) is 0. The molecular formula is C13H15BrS. The second kappa shape index (κ2) is 3.10. The summed E-state index contributed by atoms with van der Waals surface area (Å²) in [4.78, 5) is 2.21. The predicted octanol–water partition coefficient (Wildman–Crippen LogP) is 4.48. The van der Waals surface area contributed by atoms with Gasteiger partial charge in [0.2, 0.25) is 0 Å². The molecule has 5 unspecified atom stereocenters. The Morgan fingerprint density at radius 1 is 1.27 bits per heavy atom. The van der Waals surface area contributed by atoms with E-state index in [9.17, 15) is 0 Å². The molecule has 15 heavy (non-hydrogen) atoms. The van der Waals surface area contributed by atoms with Crippen LogP contribution in [0.4, 0.5) is 0 Å². The van der Waals surface area contributed by atoms with Gasteiger partial charge in [-0.3, -0.25) is 0 Å². The lowest BCUT2D eigenvalue weighted by Gasteiger charge is -2.12. The molecule has 0 radical (unpaired) electrons. The van der Waals surface area contributed by atoms with E-state index < -0.39 is 0 Å². The smallest absolute Gasteiger partial charge is 0.0523 e. The summed E-state index contributed by atoms with van der Waals surface area (Å²) in [5.74, 6) is 5.37. The van der Waals surface area contributed by atoms with Crippen LogP contribution in [-0.2, 0) is 0 Å². The van der Waals surface area contributed by atoms with Crippen molar-refractivity contribution in [3.05, 3.63) is 22.4 Å². The van der Waals surface area contributed by atoms with Gasteiger partial charge in [-0.15, -0.1) is 11.3 Å². The molecule has 5 atom stereocenters. The van der Waals surface area contributed by atoms with Gasteiger partial charge >= 0.3 is 0 Å². The van der Waals surface area contributed by atoms with Crippen LogP contribution >= 0.6 is 27.3 Å². The number of rotatable bonds is 2. The fourth-order valence-corrected chi connectivity index (χ4v) is 6.36. The summed E-state index contributed by atoms with van der Waals surface area (Å²) >= 11 is 5.85. The second-order valence-corrected chi connectivity index (χ2v) is 7.45. The molecule has 3 aliphatic rings. The molecule has 1 heterocycles. The van der Waals surface area contributed by atoms with Crippen LogP contribution in [0.2, 0.25) is 0 Å². The number of alkyl halides is 1. The zero-order valence-electron chi connectivity index (χ0n) is 8.60. The standard InChI is InChI=1S/C13H15BrS/c14-13(9-2-1-5-15-9)12-10-7-3-4-8(6-7)11(10)12/h1-2,5,7-8,10-13H,3-4,6H2. The number of hydrogen-bond acceptors (Lipinski definition) is 1. The summed E-state index contributed by atoms with van der Waals surface area (Å²) in [6.07, 6.45) is 4.63. The fourth-order valence-electron chi connectivity index (χ4n) is 4.42. The van der Waals surface area contributed by atoms with Crippen molar-refractivity contribution >= 4 is 27.3 Å². The maximum atomic E-state index is 3.94. The van der Waals surface area contributed by atoms with Gasteiger partial charge in [-0.1, -0.05) is 22.0 Å². The first-order valence-corrected chi connectivity index (χ1v) is 7.83. The SMILES string of the molecule is BrC(c1cccs1)C1C2C3CCC(C3)C21. The first kappa shape index (κ1) is 9.23. The van der Waals surface area contributed by atoms with Crippen molar-refractivity contribution in [2.45, 2.75) is 24.1 Å². The van der Waals surface area contributed by atoms with Crippen molar-refractivity contribution in [1.82, 2.24) is 0 Å². The zero-order valence-corrected chi connectivity index (χ0v) is 11.0.